The Morgan fingerprint density at radius 2 is 1.00 bits per heavy atom. The van der Waals surface area contributed by atoms with Gasteiger partial charge in [-0.1, -0.05) is 96.9 Å². The molecule has 0 fully saturated rings. The van der Waals surface area contributed by atoms with E-state index in [1.165, 1.54) is 27.8 Å². The Labute approximate surface area is 134 Å². The van der Waals surface area contributed by atoms with Crippen molar-refractivity contribution < 1.29 is 0 Å². The predicted octanol–water partition coefficient (Wildman–Crippen LogP) is 6.22. The van der Waals surface area contributed by atoms with E-state index in [0.29, 0.717) is 0 Å². The Kier molecular flexibility index (Phi) is 5.97. The first-order chi connectivity index (χ1) is 10.7. The van der Waals surface area contributed by atoms with Crippen molar-refractivity contribution in [2.24, 2.45) is 0 Å². The van der Waals surface area contributed by atoms with Gasteiger partial charge < -0.3 is 0 Å². The Balaban J connectivity index is 0.000000172. The molecule has 3 aromatic carbocycles. The zero-order chi connectivity index (χ0) is 15.8. The Morgan fingerprint density at radius 1 is 0.545 bits per heavy atom. The van der Waals surface area contributed by atoms with Crippen molar-refractivity contribution in [3.63, 3.8) is 0 Å². The molecule has 0 spiro atoms. The van der Waals surface area contributed by atoms with Crippen LogP contribution in [0.1, 0.15) is 23.6 Å². The smallest absolute Gasteiger partial charge is 0.0184 e. The summed E-state index contributed by atoms with van der Waals surface area (Å²) in [5.74, 6) is 0. The maximum atomic E-state index is 2.18. The normalized spacial score (nSPS) is 9.77. The number of hydrogen-bond acceptors (Lipinski definition) is 0. The van der Waals surface area contributed by atoms with E-state index in [9.17, 15) is 0 Å². The summed E-state index contributed by atoms with van der Waals surface area (Å²) in [7, 11) is 0. The second kappa shape index (κ2) is 8.19. The molecule has 0 heteroatoms. The van der Waals surface area contributed by atoms with Crippen molar-refractivity contribution in [2.75, 3.05) is 0 Å². The third-order valence-corrected chi connectivity index (χ3v) is 3.69. The van der Waals surface area contributed by atoms with Crippen molar-refractivity contribution in [2.45, 2.75) is 27.2 Å². The average molecular weight is 288 g/mol. The zero-order valence-electron chi connectivity index (χ0n) is 13.7. The van der Waals surface area contributed by atoms with Crippen LogP contribution in [0.3, 0.4) is 0 Å². The molecule has 0 heterocycles. The van der Waals surface area contributed by atoms with Gasteiger partial charge in [-0.05, 0) is 37.0 Å². The van der Waals surface area contributed by atoms with Crippen LogP contribution in [0.25, 0.3) is 11.1 Å². The highest BCUT2D eigenvalue weighted by molar-refractivity contribution is 5.63. The zero-order valence-corrected chi connectivity index (χ0v) is 13.7. The van der Waals surface area contributed by atoms with Crippen LogP contribution in [0.15, 0.2) is 78.9 Å². The van der Waals surface area contributed by atoms with E-state index < -0.39 is 0 Å². The largest absolute Gasteiger partial charge is 0.0622 e. The van der Waals surface area contributed by atoms with Crippen LogP contribution in [-0.4, -0.2) is 0 Å². The first kappa shape index (κ1) is 16.0. The van der Waals surface area contributed by atoms with E-state index in [2.05, 4.69) is 93.6 Å². The minimum Gasteiger partial charge on any atom is -0.0622 e. The minimum absolute atomic E-state index is 1.14. The second-order valence-electron chi connectivity index (χ2n) is 5.57. The first-order valence-electron chi connectivity index (χ1n) is 7.86. The van der Waals surface area contributed by atoms with E-state index in [4.69, 9.17) is 0 Å². The SMILES string of the molecule is CCc1ccc(C)cc1.Cc1ccc(-c2ccccc2)cc1. The van der Waals surface area contributed by atoms with Crippen LogP contribution in [0.5, 0.6) is 0 Å². The molecule has 0 radical (unpaired) electrons. The Hall–Kier alpha value is -2.34. The molecule has 0 aliphatic rings. The van der Waals surface area contributed by atoms with E-state index in [1.807, 2.05) is 6.07 Å². The minimum atomic E-state index is 1.14. The van der Waals surface area contributed by atoms with Crippen LogP contribution in [0.2, 0.25) is 0 Å². The average Bonchev–Trinajstić information content (AvgIpc) is 2.58. The summed E-state index contributed by atoms with van der Waals surface area (Å²) < 4.78 is 0. The molecule has 0 unspecified atom stereocenters. The molecule has 0 amide bonds. The van der Waals surface area contributed by atoms with Gasteiger partial charge in [0.2, 0.25) is 0 Å². The van der Waals surface area contributed by atoms with Gasteiger partial charge in [0.15, 0.2) is 0 Å². The summed E-state index contributed by atoms with van der Waals surface area (Å²) >= 11 is 0. The lowest BCUT2D eigenvalue weighted by Crippen LogP contribution is -1.77. The van der Waals surface area contributed by atoms with Gasteiger partial charge in [0.1, 0.15) is 0 Å². The van der Waals surface area contributed by atoms with E-state index >= 15 is 0 Å². The fourth-order valence-electron chi connectivity index (χ4n) is 2.20. The van der Waals surface area contributed by atoms with Crippen molar-refractivity contribution in [1.29, 1.82) is 0 Å². The molecule has 112 valence electrons. The van der Waals surface area contributed by atoms with Crippen molar-refractivity contribution in [1.82, 2.24) is 0 Å². The van der Waals surface area contributed by atoms with Gasteiger partial charge in [-0.2, -0.15) is 0 Å². The van der Waals surface area contributed by atoms with Gasteiger partial charge in [0.25, 0.3) is 0 Å². The van der Waals surface area contributed by atoms with Crippen molar-refractivity contribution in [3.05, 3.63) is 95.6 Å². The van der Waals surface area contributed by atoms with E-state index in [1.54, 1.807) is 0 Å². The summed E-state index contributed by atoms with van der Waals surface area (Å²) in [6.45, 7) is 6.39. The van der Waals surface area contributed by atoms with Crippen LogP contribution >= 0.6 is 0 Å². The number of aryl methyl sites for hydroxylation is 3. The van der Waals surface area contributed by atoms with Crippen molar-refractivity contribution >= 4 is 0 Å². The van der Waals surface area contributed by atoms with E-state index in [0.717, 1.165) is 6.42 Å². The third kappa shape index (κ3) is 4.89. The third-order valence-electron chi connectivity index (χ3n) is 3.69. The monoisotopic (exact) mass is 288 g/mol. The maximum absolute atomic E-state index is 2.18. The molecule has 0 aromatic heterocycles. The molecule has 0 aliphatic carbocycles. The lowest BCUT2D eigenvalue weighted by Gasteiger charge is -2.00. The second-order valence-corrected chi connectivity index (χ2v) is 5.57. The number of rotatable bonds is 2. The molecular weight excluding hydrogens is 264 g/mol. The summed E-state index contributed by atoms with van der Waals surface area (Å²) in [5.41, 5.74) is 6.63. The molecular formula is C22H24. The Morgan fingerprint density at radius 3 is 1.50 bits per heavy atom. The van der Waals surface area contributed by atoms with Gasteiger partial charge >= 0.3 is 0 Å². The van der Waals surface area contributed by atoms with Gasteiger partial charge in [-0.3, -0.25) is 0 Å². The molecule has 22 heavy (non-hydrogen) atoms. The first-order valence-corrected chi connectivity index (χ1v) is 7.86. The van der Waals surface area contributed by atoms with Crippen LogP contribution in [0.4, 0.5) is 0 Å². The highest BCUT2D eigenvalue weighted by atomic mass is 14.0. The van der Waals surface area contributed by atoms with Gasteiger partial charge in [0.05, 0.1) is 0 Å². The summed E-state index contributed by atoms with van der Waals surface area (Å²) in [6.07, 6.45) is 1.14. The van der Waals surface area contributed by atoms with Gasteiger partial charge in [0, 0.05) is 0 Å². The van der Waals surface area contributed by atoms with Crippen molar-refractivity contribution in [3.8, 4) is 11.1 Å². The topological polar surface area (TPSA) is 0 Å². The van der Waals surface area contributed by atoms with Crippen LogP contribution < -0.4 is 0 Å². The fourth-order valence-corrected chi connectivity index (χ4v) is 2.20. The standard InChI is InChI=1S/C13H12.C9H12/c1-11-7-9-13(10-8-11)12-5-3-2-4-6-12;1-3-9-6-4-8(2)5-7-9/h2-10H,1H3;4-7H,3H2,1-2H3. The van der Waals surface area contributed by atoms with Crippen LogP contribution in [-0.2, 0) is 6.42 Å². The molecule has 0 saturated heterocycles. The molecule has 3 aromatic rings. The molecule has 0 bridgehead atoms. The number of hydrogen-bond donors (Lipinski definition) is 0. The fraction of sp³-hybridized carbons (Fsp3) is 0.182. The van der Waals surface area contributed by atoms with E-state index in [-0.39, 0.29) is 0 Å². The molecule has 0 aliphatic heterocycles. The van der Waals surface area contributed by atoms with Crippen LogP contribution in [0, 0.1) is 13.8 Å². The molecule has 0 nitrogen and oxygen atoms in total. The lowest BCUT2D eigenvalue weighted by molar-refractivity contribution is 1.14. The van der Waals surface area contributed by atoms with Gasteiger partial charge in [-0.15, -0.1) is 0 Å². The molecule has 0 saturated carbocycles. The highest BCUT2D eigenvalue weighted by Crippen LogP contribution is 2.18. The number of benzene rings is 3. The summed E-state index contributed by atoms with van der Waals surface area (Å²) in [4.78, 5) is 0. The molecule has 0 atom stereocenters. The molecule has 3 rings (SSSR count). The quantitative estimate of drug-likeness (QED) is 0.525. The summed E-state index contributed by atoms with van der Waals surface area (Å²) in [6, 6.07) is 27.7. The summed E-state index contributed by atoms with van der Waals surface area (Å²) in [5, 5.41) is 0. The van der Waals surface area contributed by atoms with Gasteiger partial charge in [-0.25, -0.2) is 0 Å². The Bertz CT molecular complexity index is 661. The molecule has 0 N–H and O–H groups in total. The highest BCUT2D eigenvalue weighted by Gasteiger charge is 1.93. The maximum Gasteiger partial charge on any atom is -0.0184 e. The lowest BCUT2D eigenvalue weighted by atomic mass is 10.0. The predicted molar refractivity (Wildman–Crippen MR) is 97.2 cm³/mol.